The van der Waals surface area contributed by atoms with Crippen LogP contribution in [0.4, 0.5) is 25.8 Å². The number of fused-ring (bicyclic) bond motifs is 3. The molecule has 1 saturated heterocycles. The maximum Gasteiger partial charge on any atom is 0.269 e. The highest BCUT2D eigenvalue weighted by Crippen LogP contribution is 2.38. The first-order chi connectivity index (χ1) is 16.9. The lowest BCUT2D eigenvalue weighted by molar-refractivity contribution is -0.384. The van der Waals surface area contributed by atoms with Crippen LogP contribution in [-0.2, 0) is 17.8 Å². The first-order valence-electron chi connectivity index (χ1n) is 11.5. The fourth-order valence-corrected chi connectivity index (χ4v) is 5.08. The van der Waals surface area contributed by atoms with Gasteiger partial charge in [0, 0.05) is 49.7 Å². The van der Waals surface area contributed by atoms with E-state index in [9.17, 15) is 23.7 Å². The van der Waals surface area contributed by atoms with E-state index >= 15 is 0 Å². The molecule has 2 aliphatic heterocycles. The molecule has 0 aliphatic carbocycles. The van der Waals surface area contributed by atoms with E-state index in [-0.39, 0.29) is 35.8 Å². The van der Waals surface area contributed by atoms with Gasteiger partial charge in [0.1, 0.15) is 11.6 Å². The number of anilines is 2. The normalized spacial score (nSPS) is 19.0. The molecule has 2 atom stereocenters. The molecule has 180 valence electrons. The predicted molar refractivity (Wildman–Crippen MR) is 128 cm³/mol. The molecule has 1 fully saturated rings. The van der Waals surface area contributed by atoms with Crippen LogP contribution in [0, 0.1) is 27.7 Å². The molecule has 0 unspecified atom stereocenters. The number of benzene rings is 3. The number of nitro groups is 1. The Bertz CT molecular complexity index is 1270. The van der Waals surface area contributed by atoms with Crippen LogP contribution in [-0.4, -0.2) is 36.5 Å². The fraction of sp³-hybridized carbons (Fsp3) is 0.269. The maximum absolute atomic E-state index is 13.6. The minimum absolute atomic E-state index is 0.00827. The van der Waals surface area contributed by atoms with Crippen molar-refractivity contribution in [2.24, 2.45) is 5.92 Å². The van der Waals surface area contributed by atoms with E-state index in [1.165, 1.54) is 30.3 Å². The van der Waals surface area contributed by atoms with Crippen molar-refractivity contribution in [2.75, 3.05) is 29.4 Å². The third kappa shape index (κ3) is 4.66. The number of amides is 1. The third-order valence-corrected chi connectivity index (χ3v) is 6.79. The van der Waals surface area contributed by atoms with Crippen molar-refractivity contribution in [3.8, 4) is 0 Å². The molecule has 0 bridgehead atoms. The summed E-state index contributed by atoms with van der Waals surface area (Å²) in [4.78, 5) is 28.6. The number of rotatable bonds is 5. The van der Waals surface area contributed by atoms with Gasteiger partial charge in [0.2, 0.25) is 5.91 Å². The van der Waals surface area contributed by atoms with Crippen LogP contribution in [0.15, 0.2) is 66.7 Å². The van der Waals surface area contributed by atoms with Gasteiger partial charge >= 0.3 is 0 Å². The number of non-ortho nitro benzene ring substituents is 1. The quantitative estimate of drug-likeness (QED) is 0.442. The maximum atomic E-state index is 13.6. The summed E-state index contributed by atoms with van der Waals surface area (Å²) in [6, 6.07) is 17.0. The Morgan fingerprint density at radius 1 is 1.03 bits per heavy atom. The average Bonchev–Trinajstić information content (AvgIpc) is 2.86. The molecule has 0 aromatic heterocycles. The van der Waals surface area contributed by atoms with E-state index in [1.807, 2.05) is 0 Å². The van der Waals surface area contributed by atoms with Crippen LogP contribution < -0.4 is 15.1 Å². The molecule has 1 N–H and O–H groups in total. The van der Waals surface area contributed by atoms with Gasteiger partial charge in [0.05, 0.1) is 16.9 Å². The molecule has 9 heteroatoms. The van der Waals surface area contributed by atoms with E-state index < -0.39 is 10.8 Å². The SMILES string of the molecule is O=C(NCc1cccc(F)c1)[C@@H]1Cc2cc([N+](=O)[O-])ccc2N2CCN(c3ccc(F)cc3)C[C@@H]12. The zero-order valence-corrected chi connectivity index (χ0v) is 18.9. The monoisotopic (exact) mass is 478 g/mol. The summed E-state index contributed by atoms with van der Waals surface area (Å²) in [5.74, 6) is -1.34. The summed E-state index contributed by atoms with van der Waals surface area (Å²) in [6.07, 6.45) is 0.352. The van der Waals surface area contributed by atoms with Crippen molar-refractivity contribution in [3.05, 3.63) is 99.6 Å². The number of hydrogen-bond donors (Lipinski definition) is 1. The molecule has 7 nitrogen and oxygen atoms in total. The van der Waals surface area contributed by atoms with Crippen LogP contribution in [0.25, 0.3) is 0 Å². The van der Waals surface area contributed by atoms with Crippen LogP contribution >= 0.6 is 0 Å². The van der Waals surface area contributed by atoms with Crippen LogP contribution in [0.1, 0.15) is 11.1 Å². The topological polar surface area (TPSA) is 78.7 Å². The second-order valence-corrected chi connectivity index (χ2v) is 8.91. The molecule has 0 radical (unpaired) electrons. The van der Waals surface area contributed by atoms with Crippen LogP contribution in [0.2, 0.25) is 0 Å². The zero-order chi connectivity index (χ0) is 24.5. The molecule has 1 amide bonds. The lowest BCUT2D eigenvalue weighted by Gasteiger charge is -2.49. The minimum atomic E-state index is -0.471. The molecule has 0 spiro atoms. The van der Waals surface area contributed by atoms with E-state index in [4.69, 9.17) is 0 Å². The number of carbonyl (C=O) groups is 1. The molecule has 2 aliphatic rings. The van der Waals surface area contributed by atoms with Crippen molar-refractivity contribution >= 4 is 23.0 Å². The lowest BCUT2D eigenvalue weighted by atomic mass is 9.83. The van der Waals surface area contributed by atoms with Gasteiger partial charge in [-0.15, -0.1) is 0 Å². The van der Waals surface area contributed by atoms with Gasteiger partial charge in [-0.25, -0.2) is 8.78 Å². The minimum Gasteiger partial charge on any atom is -0.368 e. The van der Waals surface area contributed by atoms with Gasteiger partial charge in [-0.3, -0.25) is 14.9 Å². The zero-order valence-electron chi connectivity index (χ0n) is 18.9. The Labute approximate surface area is 201 Å². The molecule has 5 rings (SSSR count). The van der Waals surface area contributed by atoms with Crippen molar-refractivity contribution in [1.82, 2.24) is 5.32 Å². The summed E-state index contributed by atoms with van der Waals surface area (Å²) in [5.41, 5.74) is 3.18. The van der Waals surface area contributed by atoms with Crippen LogP contribution in [0.5, 0.6) is 0 Å². The number of halogens is 2. The van der Waals surface area contributed by atoms with E-state index in [1.54, 1.807) is 36.4 Å². The van der Waals surface area contributed by atoms with E-state index in [2.05, 4.69) is 15.1 Å². The van der Waals surface area contributed by atoms with Crippen molar-refractivity contribution in [3.63, 3.8) is 0 Å². The summed E-state index contributed by atoms with van der Waals surface area (Å²) in [6.45, 7) is 2.00. The van der Waals surface area contributed by atoms with Crippen molar-refractivity contribution in [2.45, 2.75) is 19.0 Å². The fourth-order valence-electron chi connectivity index (χ4n) is 5.08. The largest absolute Gasteiger partial charge is 0.368 e. The standard InChI is InChI=1S/C26H24F2N4O3/c27-19-4-6-21(7-5-19)30-10-11-31-24-9-8-22(32(34)35)13-18(24)14-23(25(31)16-30)26(33)29-15-17-2-1-3-20(28)12-17/h1-9,12-13,23,25H,10-11,14-16H2,(H,29,33)/t23-,25+/m1/s1. The molecule has 35 heavy (non-hydrogen) atoms. The number of nitrogens with one attached hydrogen (secondary N) is 1. The molecule has 3 aromatic carbocycles. The Hall–Kier alpha value is -4.01. The van der Waals surface area contributed by atoms with Gasteiger partial charge in [-0.05, 0) is 60.0 Å². The second-order valence-electron chi connectivity index (χ2n) is 8.91. The Balaban J connectivity index is 1.43. The van der Waals surface area contributed by atoms with Crippen molar-refractivity contribution in [1.29, 1.82) is 0 Å². The van der Waals surface area contributed by atoms with Gasteiger partial charge < -0.3 is 15.1 Å². The lowest BCUT2D eigenvalue weighted by Crippen LogP contribution is -2.61. The Morgan fingerprint density at radius 2 is 1.83 bits per heavy atom. The summed E-state index contributed by atoms with van der Waals surface area (Å²) in [7, 11) is 0. The highest BCUT2D eigenvalue weighted by atomic mass is 19.1. The summed E-state index contributed by atoms with van der Waals surface area (Å²) < 4.78 is 27.0. The Morgan fingerprint density at radius 3 is 2.57 bits per heavy atom. The predicted octanol–water partition coefficient (Wildman–Crippen LogP) is 4.06. The summed E-state index contributed by atoms with van der Waals surface area (Å²) >= 11 is 0. The smallest absolute Gasteiger partial charge is 0.269 e. The highest BCUT2D eigenvalue weighted by molar-refractivity contribution is 5.82. The van der Waals surface area contributed by atoms with Crippen molar-refractivity contribution < 1.29 is 18.5 Å². The second kappa shape index (κ2) is 9.32. The van der Waals surface area contributed by atoms with Gasteiger partial charge in [-0.2, -0.15) is 0 Å². The number of piperazine rings is 1. The average molecular weight is 478 g/mol. The molecular weight excluding hydrogens is 454 g/mol. The first-order valence-corrected chi connectivity index (χ1v) is 11.5. The number of hydrogen-bond acceptors (Lipinski definition) is 5. The van der Waals surface area contributed by atoms with E-state index in [0.717, 1.165) is 16.9 Å². The van der Waals surface area contributed by atoms with E-state index in [0.29, 0.717) is 31.6 Å². The molecule has 2 heterocycles. The number of nitro benzene ring substituents is 1. The van der Waals surface area contributed by atoms with Gasteiger partial charge in [0.25, 0.3) is 5.69 Å². The molecular formula is C26H24F2N4O3. The van der Waals surface area contributed by atoms with Gasteiger partial charge in [-0.1, -0.05) is 12.1 Å². The highest BCUT2D eigenvalue weighted by Gasteiger charge is 2.42. The Kier molecular flexibility index (Phi) is 6.07. The molecule has 0 saturated carbocycles. The molecule has 3 aromatic rings. The number of carbonyl (C=O) groups excluding carboxylic acids is 1. The third-order valence-electron chi connectivity index (χ3n) is 6.79. The summed E-state index contributed by atoms with van der Waals surface area (Å²) in [5, 5.41) is 14.3. The van der Waals surface area contributed by atoms with Crippen LogP contribution in [0.3, 0.4) is 0 Å². The number of nitrogens with zero attached hydrogens (tertiary/aromatic N) is 3. The first kappa shape index (κ1) is 22.8. The van der Waals surface area contributed by atoms with Gasteiger partial charge in [0.15, 0.2) is 0 Å².